The molecule has 1 unspecified atom stereocenters. The molecule has 37 heavy (non-hydrogen) atoms. The van der Waals surface area contributed by atoms with Crippen molar-refractivity contribution >= 4 is 55.8 Å². The van der Waals surface area contributed by atoms with Gasteiger partial charge in [0.15, 0.2) is 5.82 Å². The molecule has 0 aliphatic carbocycles. The van der Waals surface area contributed by atoms with Crippen LogP contribution < -0.4 is 9.04 Å². The molecule has 0 saturated carbocycles. The number of sulfonamides is 1. The molecule has 0 fully saturated rings. The Hall–Kier alpha value is -3.42. The molecule has 14 heteroatoms. The summed E-state index contributed by atoms with van der Waals surface area (Å²) < 4.78 is 34.4. The van der Waals surface area contributed by atoms with Crippen molar-refractivity contribution in [2.75, 3.05) is 24.1 Å². The molecule has 2 aromatic heterocycles. The van der Waals surface area contributed by atoms with Crippen LogP contribution in [0.5, 0.6) is 5.88 Å². The van der Waals surface area contributed by atoms with Gasteiger partial charge in [-0.2, -0.15) is 0 Å². The zero-order chi connectivity index (χ0) is 26.7. The number of carboxylic acid groups (broad SMARTS) is 1. The van der Waals surface area contributed by atoms with Crippen molar-refractivity contribution in [2.24, 2.45) is 0 Å². The van der Waals surface area contributed by atoms with Gasteiger partial charge in [-0.1, -0.05) is 23.2 Å². The van der Waals surface area contributed by atoms with Crippen LogP contribution in [0.2, 0.25) is 10.0 Å². The minimum Gasteiger partial charge on any atom is -0.480 e. The zero-order valence-electron chi connectivity index (χ0n) is 18.9. The normalized spacial score (nSPS) is 12.4. The van der Waals surface area contributed by atoms with Crippen LogP contribution in [0.4, 0.5) is 5.69 Å². The van der Waals surface area contributed by atoms with Gasteiger partial charge < -0.3 is 20.1 Å². The van der Waals surface area contributed by atoms with Crippen molar-refractivity contribution in [1.29, 1.82) is 0 Å². The van der Waals surface area contributed by atoms with Gasteiger partial charge in [0.1, 0.15) is 19.3 Å². The van der Waals surface area contributed by atoms with Crippen molar-refractivity contribution in [2.45, 2.75) is 11.0 Å². The van der Waals surface area contributed by atoms with Crippen LogP contribution in [0, 0.1) is 0 Å². The van der Waals surface area contributed by atoms with E-state index in [1.807, 2.05) is 0 Å². The maximum atomic E-state index is 13.4. The predicted molar refractivity (Wildman–Crippen MR) is 136 cm³/mol. The van der Waals surface area contributed by atoms with Gasteiger partial charge in [-0.15, -0.1) is 0 Å². The summed E-state index contributed by atoms with van der Waals surface area (Å²) in [5.74, 6) is -0.759. The number of hydrogen-bond donors (Lipinski definition) is 3. The predicted octanol–water partition coefficient (Wildman–Crippen LogP) is 2.74. The minimum atomic E-state index is -4.32. The molecule has 4 rings (SSSR count). The SMILES string of the molecule is O=C(O)CN(c1ccc2c(ccn2-c2cnc(OCC(O)CO)cn2)c1)S(=O)(=O)c1cc(Cl)cc(Cl)c1. The van der Waals surface area contributed by atoms with Crippen LogP contribution in [0.15, 0.2) is 66.0 Å². The Morgan fingerprint density at radius 1 is 1.08 bits per heavy atom. The second-order valence-electron chi connectivity index (χ2n) is 7.80. The number of carbonyl (C=O) groups is 1. The average molecular weight is 567 g/mol. The smallest absolute Gasteiger partial charge is 0.324 e. The molecule has 4 aromatic rings. The van der Waals surface area contributed by atoms with E-state index in [-0.39, 0.29) is 33.1 Å². The molecule has 2 heterocycles. The Labute approximate surface area is 221 Å². The van der Waals surface area contributed by atoms with Crippen molar-refractivity contribution in [3.05, 3.63) is 71.1 Å². The molecule has 3 N–H and O–H groups in total. The lowest BCUT2D eigenvalue weighted by Crippen LogP contribution is -2.35. The number of anilines is 1. The molecule has 0 spiro atoms. The highest BCUT2D eigenvalue weighted by Gasteiger charge is 2.28. The topological polar surface area (TPSA) is 155 Å². The fourth-order valence-corrected chi connectivity index (χ4v) is 5.60. The highest BCUT2D eigenvalue weighted by molar-refractivity contribution is 7.92. The molecule has 194 valence electrons. The number of aromatic nitrogens is 3. The van der Waals surface area contributed by atoms with Crippen LogP contribution in [-0.2, 0) is 14.8 Å². The Balaban J connectivity index is 1.67. The molecule has 11 nitrogen and oxygen atoms in total. The Morgan fingerprint density at radius 2 is 1.81 bits per heavy atom. The van der Waals surface area contributed by atoms with E-state index in [4.69, 9.17) is 33.0 Å². The number of benzene rings is 2. The Kier molecular flexibility index (Phi) is 7.85. The third-order valence-corrected chi connectivity index (χ3v) is 7.35. The van der Waals surface area contributed by atoms with Crippen molar-refractivity contribution in [3.8, 4) is 11.7 Å². The quantitative estimate of drug-likeness (QED) is 0.262. The second-order valence-corrected chi connectivity index (χ2v) is 10.5. The summed E-state index contributed by atoms with van der Waals surface area (Å²) in [5, 5.41) is 28.5. The lowest BCUT2D eigenvalue weighted by molar-refractivity contribution is -0.135. The van der Waals surface area contributed by atoms with E-state index in [0.29, 0.717) is 16.7 Å². The Morgan fingerprint density at radius 3 is 2.43 bits per heavy atom. The maximum absolute atomic E-state index is 13.4. The molecule has 0 aliphatic heterocycles. The number of rotatable bonds is 10. The summed E-state index contributed by atoms with van der Waals surface area (Å²) >= 11 is 11.9. The van der Waals surface area contributed by atoms with E-state index in [1.165, 1.54) is 36.7 Å². The number of hydrogen-bond acceptors (Lipinski definition) is 8. The minimum absolute atomic E-state index is 0.0935. The van der Waals surface area contributed by atoms with E-state index >= 15 is 0 Å². The van der Waals surface area contributed by atoms with Crippen molar-refractivity contribution in [1.82, 2.24) is 14.5 Å². The highest BCUT2D eigenvalue weighted by atomic mass is 35.5. The summed E-state index contributed by atoms with van der Waals surface area (Å²) in [6, 6.07) is 10.1. The monoisotopic (exact) mass is 566 g/mol. The number of fused-ring (bicyclic) bond motifs is 1. The summed E-state index contributed by atoms with van der Waals surface area (Å²) in [6.07, 6.45) is 3.46. The maximum Gasteiger partial charge on any atom is 0.324 e. The fourth-order valence-electron chi connectivity index (χ4n) is 3.47. The van der Waals surface area contributed by atoms with Crippen LogP contribution in [0.1, 0.15) is 0 Å². The van der Waals surface area contributed by atoms with Crippen LogP contribution in [0.25, 0.3) is 16.7 Å². The fraction of sp³-hybridized carbons (Fsp3) is 0.174. The molecule has 0 saturated heterocycles. The molecule has 0 amide bonds. The van der Waals surface area contributed by atoms with E-state index in [9.17, 15) is 23.4 Å². The largest absolute Gasteiger partial charge is 0.480 e. The highest BCUT2D eigenvalue weighted by Crippen LogP contribution is 2.31. The number of aliphatic hydroxyl groups is 2. The third-order valence-electron chi connectivity index (χ3n) is 5.16. The first-order chi connectivity index (χ1) is 17.6. The molecular weight excluding hydrogens is 547 g/mol. The van der Waals surface area contributed by atoms with Crippen molar-refractivity contribution < 1.29 is 33.3 Å². The van der Waals surface area contributed by atoms with Crippen LogP contribution in [0.3, 0.4) is 0 Å². The summed E-state index contributed by atoms with van der Waals surface area (Å²) in [6.45, 7) is -1.41. The zero-order valence-corrected chi connectivity index (χ0v) is 21.2. The molecular formula is C23H20Cl2N4O7S. The molecule has 0 bridgehead atoms. The number of halogens is 2. The van der Waals surface area contributed by atoms with E-state index < -0.39 is 35.2 Å². The summed E-state index contributed by atoms with van der Waals surface area (Å²) in [7, 11) is -4.32. The number of aliphatic hydroxyl groups excluding tert-OH is 2. The molecule has 1 atom stereocenters. The number of ether oxygens (including phenoxy) is 1. The van der Waals surface area contributed by atoms with Crippen LogP contribution in [-0.4, -0.2) is 70.1 Å². The van der Waals surface area contributed by atoms with Gasteiger partial charge in [0.25, 0.3) is 10.0 Å². The summed E-state index contributed by atoms with van der Waals surface area (Å²) in [5.41, 5.74) is 0.780. The lowest BCUT2D eigenvalue weighted by atomic mass is 10.2. The first-order valence-electron chi connectivity index (χ1n) is 10.6. The Bertz CT molecular complexity index is 1520. The second kappa shape index (κ2) is 10.9. The molecule has 0 radical (unpaired) electrons. The van der Waals surface area contributed by atoms with E-state index in [0.717, 1.165) is 4.31 Å². The number of nitrogens with zero attached hydrogens (tertiary/aromatic N) is 4. The van der Waals surface area contributed by atoms with E-state index in [1.54, 1.807) is 29.0 Å². The number of carboxylic acids is 1. The molecule has 0 aliphatic rings. The van der Waals surface area contributed by atoms with Gasteiger partial charge in [0.05, 0.1) is 35.1 Å². The van der Waals surface area contributed by atoms with Gasteiger partial charge in [0, 0.05) is 21.6 Å². The third kappa shape index (κ3) is 5.95. The van der Waals surface area contributed by atoms with E-state index in [2.05, 4.69) is 9.97 Å². The van der Waals surface area contributed by atoms with Gasteiger partial charge in [-0.3, -0.25) is 13.7 Å². The van der Waals surface area contributed by atoms with Gasteiger partial charge in [-0.05, 0) is 42.5 Å². The standard InChI is InChI=1S/C23H20Cl2N4O7S/c24-15-6-16(25)8-19(7-15)37(34,35)29(11-23(32)33)17-1-2-20-14(5-17)3-4-28(20)21-9-27-22(10-26-21)36-13-18(31)12-30/h1-10,18,30-31H,11-13H2,(H,32,33). The first-order valence-corrected chi connectivity index (χ1v) is 12.8. The van der Waals surface area contributed by atoms with Crippen LogP contribution >= 0.6 is 23.2 Å². The molecule has 2 aromatic carbocycles. The first kappa shape index (κ1) is 26.6. The number of aliphatic carboxylic acids is 1. The van der Waals surface area contributed by atoms with Gasteiger partial charge in [0.2, 0.25) is 5.88 Å². The van der Waals surface area contributed by atoms with Gasteiger partial charge in [-0.25, -0.2) is 18.4 Å². The average Bonchev–Trinajstić information content (AvgIpc) is 3.28. The van der Waals surface area contributed by atoms with Gasteiger partial charge >= 0.3 is 5.97 Å². The summed E-state index contributed by atoms with van der Waals surface area (Å²) in [4.78, 5) is 19.7. The van der Waals surface area contributed by atoms with Crippen molar-refractivity contribution in [3.63, 3.8) is 0 Å². The lowest BCUT2D eigenvalue weighted by Gasteiger charge is -2.23.